The van der Waals surface area contributed by atoms with Crippen LogP contribution in [0.1, 0.15) is 12.5 Å². The molecule has 2 rings (SSSR count). The summed E-state index contributed by atoms with van der Waals surface area (Å²) >= 11 is 0. The second kappa shape index (κ2) is 6.07. The van der Waals surface area contributed by atoms with Crippen LogP contribution in [0, 0.1) is 17.1 Å². The van der Waals surface area contributed by atoms with Crippen LogP contribution in [-0.4, -0.2) is 49.7 Å². The van der Waals surface area contributed by atoms with Crippen molar-refractivity contribution in [3.05, 3.63) is 29.6 Å². The molecule has 1 N–H and O–H groups in total. The number of rotatable bonds is 3. The Kier molecular flexibility index (Phi) is 4.58. The summed E-state index contributed by atoms with van der Waals surface area (Å²) in [5, 5.41) is 18.1. The van der Waals surface area contributed by atoms with Crippen molar-refractivity contribution in [1.82, 2.24) is 4.31 Å². The zero-order valence-electron chi connectivity index (χ0n) is 11.4. The average Bonchev–Trinajstić information content (AvgIpc) is 2.47. The number of morpholine rings is 1. The Morgan fingerprint density at radius 1 is 1.57 bits per heavy atom. The van der Waals surface area contributed by atoms with Gasteiger partial charge in [-0.15, -0.1) is 0 Å². The highest BCUT2D eigenvalue weighted by Crippen LogP contribution is 2.26. The van der Waals surface area contributed by atoms with Gasteiger partial charge in [-0.25, -0.2) is 12.8 Å². The Morgan fingerprint density at radius 2 is 2.29 bits per heavy atom. The van der Waals surface area contributed by atoms with Gasteiger partial charge < -0.3 is 9.84 Å². The fourth-order valence-electron chi connectivity index (χ4n) is 2.19. The molecule has 0 aliphatic carbocycles. The van der Waals surface area contributed by atoms with Gasteiger partial charge in [0.15, 0.2) is 0 Å². The van der Waals surface area contributed by atoms with Crippen molar-refractivity contribution in [2.45, 2.75) is 24.0 Å². The van der Waals surface area contributed by atoms with E-state index in [9.17, 15) is 12.8 Å². The van der Waals surface area contributed by atoms with Crippen LogP contribution in [0.5, 0.6) is 0 Å². The SMILES string of the molecule is CC1COC(CO)CN1S(=O)(=O)c1cccc(F)c1C#N. The molecule has 1 heterocycles. The molecule has 2 unspecified atom stereocenters. The quantitative estimate of drug-likeness (QED) is 0.875. The minimum absolute atomic E-state index is 0.0403. The van der Waals surface area contributed by atoms with Crippen molar-refractivity contribution < 1.29 is 22.7 Å². The Labute approximate surface area is 122 Å². The monoisotopic (exact) mass is 314 g/mol. The summed E-state index contributed by atoms with van der Waals surface area (Å²) in [4.78, 5) is -0.365. The van der Waals surface area contributed by atoms with Crippen LogP contribution >= 0.6 is 0 Å². The third-order valence-corrected chi connectivity index (χ3v) is 5.35. The van der Waals surface area contributed by atoms with E-state index in [0.29, 0.717) is 0 Å². The normalized spacial score (nSPS) is 23.7. The molecule has 1 aliphatic rings. The second-order valence-corrected chi connectivity index (χ2v) is 6.65. The standard InChI is InChI=1S/C13H15FN2O4S/c1-9-8-20-10(7-17)6-16(9)21(18,19)13-4-2-3-12(14)11(13)5-15/h2-4,9-10,17H,6-8H2,1H3. The highest BCUT2D eigenvalue weighted by molar-refractivity contribution is 7.89. The summed E-state index contributed by atoms with van der Waals surface area (Å²) in [5.41, 5.74) is -0.503. The van der Waals surface area contributed by atoms with Gasteiger partial charge in [0.05, 0.1) is 19.3 Å². The number of aliphatic hydroxyl groups excluding tert-OH is 1. The van der Waals surface area contributed by atoms with Crippen LogP contribution in [-0.2, 0) is 14.8 Å². The van der Waals surface area contributed by atoms with Crippen LogP contribution in [0.2, 0.25) is 0 Å². The first kappa shape index (κ1) is 15.9. The Morgan fingerprint density at radius 3 is 2.90 bits per heavy atom. The van der Waals surface area contributed by atoms with E-state index in [-0.39, 0.29) is 24.7 Å². The molecule has 0 radical (unpaired) electrons. The molecular formula is C13H15FN2O4S. The lowest BCUT2D eigenvalue weighted by Crippen LogP contribution is -2.52. The summed E-state index contributed by atoms with van der Waals surface area (Å²) in [5.74, 6) is -0.877. The van der Waals surface area contributed by atoms with Crippen molar-refractivity contribution >= 4 is 10.0 Å². The largest absolute Gasteiger partial charge is 0.394 e. The Bertz CT molecular complexity index is 671. The second-order valence-electron chi connectivity index (χ2n) is 4.79. The topological polar surface area (TPSA) is 90.6 Å². The molecule has 21 heavy (non-hydrogen) atoms. The number of hydrogen-bond donors (Lipinski definition) is 1. The maximum Gasteiger partial charge on any atom is 0.244 e. The van der Waals surface area contributed by atoms with Gasteiger partial charge in [-0.1, -0.05) is 6.07 Å². The van der Waals surface area contributed by atoms with E-state index in [4.69, 9.17) is 15.1 Å². The van der Waals surface area contributed by atoms with Crippen molar-refractivity contribution in [2.24, 2.45) is 0 Å². The van der Waals surface area contributed by atoms with Crippen LogP contribution in [0.3, 0.4) is 0 Å². The number of hydrogen-bond acceptors (Lipinski definition) is 5. The fourth-order valence-corrected chi connectivity index (χ4v) is 3.99. The van der Waals surface area contributed by atoms with Gasteiger partial charge in [0.2, 0.25) is 10.0 Å². The minimum Gasteiger partial charge on any atom is -0.394 e. The number of benzene rings is 1. The molecule has 1 saturated heterocycles. The lowest BCUT2D eigenvalue weighted by molar-refractivity contribution is -0.0516. The number of ether oxygens (including phenoxy) is 1. The van der Waals surface area contributed by atoms with Crippen molar-refractivity contribution in [2.75, 3.05) is 19.8 Å². The lowest BCUT2D eigenvalue weighted by atomic mass is 10.2. The van der Waals surface area contributed by atoms with E-state index in [1.54, 1.807) is 13.0 Å². The Hall–Kier alpha value is -1.53. The van der Waals surface area contributed by atoms with Gasteiger partial charge in [0.1, 0.15) is 22.3 Å². The molecule has 0 bridgehead atoms. The molecule has 0 saturated carbocycles. The number of nitriles is 1. The molecule has 1 aromatic carbocycles. The molecule has 0 aromatic heterocycles. The third-order valence-electron chi connectivity index (χ3n) is 3.33. The van der Waals surface area contributed by atoms with E-state index in [1.165, 1.54) is 12.1 Å². The molecule has 0 amide bonds. The number of nitrogens with zero attached hydrogens (tertiary/aromatic N) is 2. The number of halogens is 1. The molecule has 1 aromatic rings. The molecule has 114 valence electrons. The lowest BCUT2D eigenvalue weighted by Gasteiger charge is -2.36. The van der Waals surface area contributed by atoms with Crippen LogP contribution in [0.4, 0.5) is 4.39 Å². The maximum absolute atomic E-state index is 13.6. The first-order valence-electron chi connectivity index (χ1n) is 6.34. The smallest absolute Gasteiger partial charge is 0.244 e. The maximum atomic E-state index is 13.6. The van der Waals surface area contributed by atoms with Gasteiger partial charge >= 0.3 is 0 Å². The third kappa shape index (κ3) is 2.91. The minimum atomic E-state index is -4.04. The predicted molar refractivity (Wildman–Crippen MR) is 71.3 cm³/mol. The zero-order chi connectivity index (χ0) is 15.6. The van der Waals surface area contributed by atoms with Gasteiger partial charge in [0, 0.05) is 12.6 Å². The highest BCUT2D eigenvalue weighted by atomic mass is 32.2. The first-order chi connectivity index (χ1) is 9.91. The molecule has 1 aliphatic heterocycles. The molecule has 0 spiro atoms. The van der Waals surface area contributed by atoms with E-state index in [1.807, 2.05) is 0 Å². The van der Waals surface area contributed by atoms with Crippen LogP contribution in [0.15, 0.2) is 23.1 Å². The molecule has 6 nitrogen and oxygen atoms in total. The summed E-state index contributed by atoms with van der Waals surface area (Å²) < 4.78 is 45.4. The number of aliphatic hydroxyl groups is 1. The Balaban J connectivity index is 2.47. The zero-order valence-corrected chi connectivity index (χ0v) is 12.2. The van der Waals surface area contributed by atoms with Gasteiger partial charge in [-0.2, -0.15) is 9.57 Å². The van der Waals surface area contributed by atoms with Gasteiger partial charge in [-0.3, -0.25) is 0 Å². The van der Waals surface area contributed by atoms with Crippen molar-refractivity contribution in [1.29, 1.82) is 5.26 Å². The average molecular weight is 314 g/mol. The molecule has 8 heteroatoms. The molecule has 2 atom stereocenters. The first-order valence-corrected chi connectivity index (χ1v) is 7.78. The van der Waals surface area contributed by atoms with Crippen molar-refractivity contribution in [3.63, 3.8) is 0 Å². The fraction of sp³-hybridized carbons (Fsp3) is 0.462. The molecular weight excluding hydrogens is 299 g/mol. The summed E-state index contributed by atoms with van der Waals surface area (Å²) in [6, 6.07) is 4.61. The van der Waals surface area contributed by atoms with E-state index >= 15 is 0 Å². The predicted octanol–water partition coefficient (Wildman–Crippen LogP) is 0.468. The van der Waals surface area contributed by atoms with Gasteiger partial charge in [-0.05, 0) is 19.1 Å². The summed E-state index contributed by atoms with van der Waals surface area (Å²) in [7, 11) is -4.04. The summed E-state index contributed by atoms with van der Waals surface area (Å²) in [6.45, 7) is 1.42. The van der Waals surface area contributed by atoms with Crippen LogP contribution < -0.4 is 0 Å². The highest BCUT2D eigenvalue weighted by Gasteiger charge is 2.37. The van der Waals surface area contributed by atoms with Crippen LogP contribution in [0.25, 0.3) is 0 Å². The number of sulfonamides is 1. The van der Waals surface area contributed by atoms with Crippen molar-refractivity contribution in [3.8, 4) is 6.07 Å². The van der Waals surface area contributed by atoms with Gasteiger partial charge in [0.25, 0.3) is 0 Å². The van der Waals surface area contributed by atoms with E-state index < -0.39 is 33.5 Å². The summed E-state index contributed by atoms with van der Waals surface area (Å²) in [6.07, 6.45) is -0.630. The molecule has 1 fully saturated rings. The van der Waals surface area contributed by atoms with E-state index in [0.717, 1.165) is 10.4 Å². The van der Waals surface area contributed by atoms with E-state index in [2.05, 4.69) is 0 Å².